The molecule has 0 aromatic heterocycles. The zero-order valence-electron chi connectivity index (χ0n) is 14.6. The molecule has 0 saturated heterocycles. The Morgan fingerprint density at radius 2 is 1.64 bits per heavy atom. The molecule has 1 aliphatic rings. The Bertz CT molecular complexity index is 1110. The van der Waals surface area contributed by atoms with E-state index in [2.05, 4.69) is 26.6 Å². The fourth-order valence-corrected chi connectivity index (χ4v) is 3.38. The van der Waals surface area contributed by atoms with Gasteiger partial charge in [-0.15, -0.1) is 0 Å². The molecule has 4 rings (SSSR count). The Hall–Kier alpha value is -3.38. The van der Waals surface area contributed by atoms with E-state index in [0.717, 1.165) is 15.7 Å². The molecule has 0 bridgehead atoms. The minimum Gasteiger partial charge on any atom is -0.478 e. The summed E-state index contributed by atoms with van der Waals surface area (Å²) in [7, 11) is 0. The standard InChI is InChI=1S/C22H15BrN2O3/c23-15-7-9-16(10-8-15)24-20(13-4-2-1-3-5-13)19-17-11-6-14(22(27)28)12-18(17)25-21(19)26/h1-12,24H,(H,25,26)(H,27,28). The smallest absolute Gasteiger partial charge is 0.335 e. The number of anilines is 2. The molecule has 0 aliphatic carbocycles. The molecule has 138 valence electrons. The highest BCUT2D eigenvalue weighted by atomic mass is 79.9. The lowest BCUT2D eigenvalue weighted by Gasteiger charge is -2.15. The van der Waals surface area contributed by atoms with E-state index in [-0.39, 0.29) is 11.5 Å². The topological polar surface area (TPSA) is 78.4 Å². The van der Waals surface area contributed by atoms with Gasteiger partial charge in [-0.3, -0.25) is 4.79 Å². The molecule has 1 heterocycles. The first-order valence-corrected chi connectivity index (χ1v) is 9.33. The number of fused-ring (bicyclic) bond motifs is 1. The first kappa shape index (κ1) is 18.0. The van der Waals surface area contributed by atoms with Gasteiger partial charge in [-0.05, 0) is 42.0 Å². The molecule has 3 N–H and O–H groups in total. The average molecular weight is 435 g/mol. The second-order valence-corrected chi connectivity index (χ2v) is 7.18. The fourth-order valence-electron chi connectivity index (χ4n) is 3.12. The van der Waals surface area contributed by atoms with E-state index < -0.39 is 5.97 Å². The molecule has 6 heteroatoms. The Balaban J connectivity index is 1.88. The minimum atomic E-state index is -1.04. The molecule has 0 radical (unpaired) electrons. The van der Waals surface area contributed by atoms with E-state index in [0.29, 0.717) is 22.5 Å². The number of rotatable bonds is 4. The van der Waals surface area contributed by atoms with Crippen LogP contribution in [0.4, 0.5) is 11.4 Å². The lowest BCUT2D eigenvalue weighted by Crippen LogP contribution is -2.10. The molecule has 0 spiro atoms. The van der Waals surface area contributed by atoms with E-state index in [1.807, 2.05) is 54.6 Å². The highest BCUT2D eigenvalue weighted by Gasteiger charge is 2.29. The summed E-state index contributed by atoms with van der Waals surface area (Å²) in [6.07, 6.45) is 0. The maximum absolute atomic E-state index is 12.8. The summed E-state index contributed by atoms with van der Waals surface area (Å²) < 4.78 is 0.956. The Labute approximate surface area is 169 Å². The van der Waals surface area contributed by atoms with E-state index in [1.54, 1.807) is 6.07 Å². The van der Waals surface area contributed by atoms with Crippen LogP contribution in [0.25, 0.3) is 11.3 Å². The minimum absolute atomic E-state index is 0.127. The van der Waals surface area contributed by atoms with Gasteiger partial charge in [-0.25, -0.2) is 4.79 Å². The predicted molar refractivity (Wildman–Crippen MR) is 113 cm³/mol. The largest absolute Gasteiger partial charge is 0.478 e. The Morgan fingerprint density at radius 3 is 2.32 bits per heavy atom. The number of amides is 1. The van der Waals surface area contributed by atoms with Crippen molar-refractivity contribution in [2.45, 2.75) is 0 Å². The fraction of sp³-hybridized carbons (Fsp3) is 0. The van der Waals surface area contributed by atoms with Crippen molar-refractivity contribution in [2.24, 2.45) is 0 Å². The summed E-state index contributed by atoms with van der Waals surface area (Å²) in [4.78, 5) is 24.1. The number of carbonyl (C=O) groups excluding carboxylic acids is 1. The third-order valence-corrected chi connectivity index (χ3v) is 4.97. The van der Waals surface area contributed by atoms with Crippen molar-refractivity contribution in [3.8, 4) is 0 Å². The zero-order valence-corrected chi connectivity index (χ0v) is 16.2. The van der Waals surface area contributed by atoms with Crippen molar-refractivity contribution in [3.63, 3.8) is 0 Å². The van der Waals surface area contributed by atoms with Crippen LogP contribution in [0.5, 0.6) is 0 Å². The Morgan fingerprint density at radius 1 is 0.929 bits per heavy atom. The number of halogens is 1. The van der Waals surface area contributed by atoms with Crippen LogP contribution in [0.2, 0.25) is 0 Å². The summed E-state index contributed by atoms with van der Waals surface area (Å²) in [5.74, 6) is -1.31. The number of aromatic carboxylic acids is 1. The lowest BCUT2D eigenvalue weighted by molar-refractivity contribution is -0.110. The zero-order chi connectivity index (χ0) is 19.7. The molecule has 1 aliphatic heterocycles. The van der Waals surface area contributed by atoms with Crippen LogP contribution in [0, 0.1) is 0 Å². The predicted octanol–water partition coefficient (Wildman–Crippen LogP) is 5.08. The van der Waals surface area contributed by atoms with Gasteiger partial charge in [0, 0.05) is 15.7 Å². The summed E-state index contributed by atoms with van der Waals surface area (Å²) >= 11 is 3.42. The average Bonchev–Trinajstić information content (AvgIpc) is 3.03. The SMILES string of the molecule is O=C1Nc2cc(C(=O)O)ccc2C1=C(Nc1ccc(Br)cc1)c1ccccc1. The monoisotopic (exact) mass is 434 g/mol. The van der Waals surface area contributed by atoms with Crippen molar-refractivity contribution < 1.29 is 14.7 Å². The van der Waals surface area contributed by atoms with Crippen LogP contribution >= 0.6 is 15.9 Å². The summed E-state index contributed by atoms with van der Waals surface area (Å²) in [6, 6.07) is 21.9. The van der Waals surface area contributed by atoms with Crippen LogP contribution in [0.15, 0.2) is 77.3 Å². The van der Waals surface area contributed by atoms with Gasteiger partial charge in [0.1, 0.15) is 0 Å². The molecular formula is C22H15BrN2O3. The van der Waals surface area contributed by atoms with Crippen molar-refractivity contribution in [1.82, 2.24) is 0 Å². The number of carboxylic acid groups (broad SMARTS) is 1. The third-order valence-electron chi connectivity index (χ3n) is 4.44. The van der Waals surface area contributed by atoms with E-state index in [4.69, 9.17) is 0 Å². The number of hydrogen-bond acceptors (Lipinski definition) is 3. The molecule has 1 amide bonds. The van der Waals surface area contributed by atoms with Gasteiger partial charge in [-0.1, -0.05) is 52.3 Å². The molecule has 3 aromatic rings. The van der Waals surface area contributed by atoms with Gasteiger partial charge in [0.15, 0.2) is 0 Å². The molecule has 5 nitrogen and oxygen atoms in total. The number of hydrogen-bond donors (Lipinski definition) is 3. The normalized spacial score (nSPS) is 14.2. The molecule has 0 atom stereocenters. The molecule has 0 saturated carbocycles. The highest BCUT2D eigenvalue weighted by molar-refractivity contribution is 9.10. The van der Waals surface area contributed by atoms with Crippen LogP contribution in [0.3, 0.4) is 0 Å². The van der Waals surface area contributed by atoms with Gasteiger partial charge < -0.3 is 15.7 Å². The summed E-state index contributed by atoms with van der Waals surface area (Å²) in [5.41, 5.74) is 4.10. The molecule has 3 aromatic carbocycles. The lowest BCUT2D eigenvalue weighted by atomic mass is 9.99. The van der Waals surface area contributed by atoms with Crippen molar-refractivity contribution in [1.29, 1.82) is 0 Å². The van der Waals surface area contributed by atoms with Gasteiger partial charge in [0.05, 0.1) is 22.5 Å². The van der Waals surface area contributed by atoms with Gasteiger partial charge in [0.2, 0.25) is 0 Å². The second-order valence-electron chi connectivity index (χ2n) is 6.27. The van der Waals surface area contributed by atoms with Gasteiger partial charge >= 0.3 is 5.97 Å². The van der Waals surface area contributed by atoms with Crippen molar-refractivity contribution in [3.05, 3.63) is 94.0 Å². The summed E-state index contributed by atoms with van der Waals surface area (Å²) in [6.45, 7) is 0. The van der Waals surface area contributed by atoms with Crippen LogP contribution in [-0.2, 0) is 4.79 Å². The van der Waals surface area contributed by atoms with Crippen molar-refractivity contribution >= 4 is 50.5 Å². The Kier molecular flexibility index (Phi) is 4.71. The second kappa shape index (κ2) is 7.32. The first-order valence-electron chi connectivity index (χ1n) is 8.54. The van der Waals surface area contributed by atoms with Crippen LogP contribution in [-0.4, -0.2) is 17.0 Å². The van der Waals surface area contributed by atoms with Gasteiger partial charge in [-0.2, -0.15) is 0 Å². The van der Waals surface area contributed by atoms with Crippen molar-refractivity contribution in [2.75, 3.05) is 10.6 Å². The third kappa shape index (κ3) is 3.42. The van der Waals surface area contributed by atoms with E-state index in [9.17, 15) is 14.7 Å². The van der Waals surface area contributed by atoms with Crippen LogP contribution in [0.1, 0.15) is 21.5 Å². The van der Waals surface area contributed by atoms with Gasteiger partial charge in [0.25, 0.3) is 5.91 Å². The number of benzene rings is 3. The number of carbonyl (C=O) groups is 2. The molecule has 28 heavy (non-hydrogen) atoms. The maximum Gasteiger partial charge on any atom is 0.335 e. The number of carboxylic acids is 1. The number of nitrogens with one attached hydrogen (secondary N) is 2. The van der Waals surface area contributed by atoms with E-state index >= 15 is 0 Å². The first-order chi connectivity index (χ1) is 13.5. The summed E-state index contributed by atoms with van der Waals surface area (Å²) in [5, 5.41) is 15.3. The molecular weight excluding hydrogens is 420 g/mol. The highest BCUT2D eigenvalue weighted by Crippen LogP contribution is 2.38. The van der Waals surface area contributed by atoms with Crippen LogP contribution < -0.4 is 10.6 Å². The quantitative estimate of drug-likeness (QED) is 0.500. The molecule has 0 unspecified atom stereocenters. The van der Waals surface area contributed by atoms with E-state index in [1.165, 1.54) is 12.1 Å². The molecule has 0 fully saturated rings. The maximum atomic E-state index is 12.8.